The maximum Gasteiger partial charge on any atom is 0.346 e. The summed E-state index contributed by atoms with van der Waals surface area (Å²) in [5.41, 5.74) is 6.77. The first kappa shape index (κ1) is 23.6. The van der Waals surface area contributed by atoms with Gasteiger partial charge in [0.2, 0.25) is 9.84 Å². The fourth-order valence-electron chi connectivity index (χ4n) is 2.94. The van der Waals surface area contributed by atoms with E-state index in [9.17, 15) is 18.0 Å². The zero-order valence-electron chi connectivity index (χ0n) is 17.3. The monoisotopic (exact) mass is 470 g/mol. The molecule has 0 saturated heterocycles. The molecule has 1 atom stereocenters. The van der Waals surface area contributed by atoms with E-state index < -0.39 is 27.8 Å². The van der Waals surface area contributed by atoms with E-state index in [2.05, 4.69) is 4.98 Å². The molecule has 2 N–H and O–H groups in total. The van der Waals surface area contributed by atoms with Crippen molar-refractivity contribution in [3.8, 4) is 11.1 Å². The van der Waals surface area contributed by atoms with Crippen LogP contribution in [0.4, 0.5) is 0 Å². The zero-order chi connectivity index (χ0) is 23.1. The second-order valence-corrected chi connectivity index (χ2v) is 9.72. The molecule has 0 aliphatic heterocycles. The summed E-state index contributed by atoms with van der Waals surface area (Å²) in [6.07, 6.45) is 3.65. The lowest BCUT2D eigenvalue weighted by molar-refractivity contribution is -0.139. The molecule has 3 rings (SSSR count). The standard InChI is InChI=1S/C23H22N2O5S2/c1-31-14-12-20(24)23(27)30-22(26)18-11-10-17(15-19(18)16-7-3-2-4-8-16)32(28,29)21-9-5-6-13-25-21/h2-11,13,15,20H,12,14,24H2,1H3/t20-/m0/s1. The van der Waals surface area contributed by atoms with Crippen LogP contribution in [0, 0.1) is 0 Å². The first-order chi connectivity index (χ1) is 15.3. The summed E-state index contributed by atoms with van der Waals surface area (Å²) in [6.45, 7) is 0. The molecule has 3 aromatic rings. The van der Waals surface area contributed by atoms with Gasteiger partial charge in [-0.2, -0.15) is 11.8 Å². The van der Waals surface area contributed by atoms with Gasteiger partial charge < -0.3 is 10.5 Å². The first-order valence-electron chi connectivity index (χ1n) is 9.70. The largest absolute Gasteiger partial charge is 0.388 e. The number of nitrogens with two attached hydrogens (primary N) is 1. The quantitative estimate of drug-likeness (QED) is 0.394. The molecule has 0 unspecified atom stereocenters. The third-order valence-corrected chi connectivity index (χ3v) is 6.96. The number of nitrogens with zero attached hydrogens (tertiary/aromatic N) is 1. The highest BCUT2D eigenvalue weighted by atomic mass is 32.2. The number of ether oxygens (including phenoxy) is 1. The summed E-state index contributed by atoms with van der Waals surface area (Å²) in [5, 5.41) is -0.107. The van der Waals surface area contributed by atoms with E-state index in [1.54, 1.807) is 42.5 Å². The second kappa shape index (κ2) is 10.5. The summed E-state index contributed by atoms with van der Waals surface area (Å²) in [4.78, 5) is 28.9. The number of carbonyl (C=O) groups excluding carboxylic acids is 2. The van der Waals surface area contributed by atoms with Gasteiger partial charge in [0.05, 0.1) is 10.5 Å². The lowest BCUT2D eigenvalue weighted by Gasteiger charge is -2.13. The zero-order valence-corrected chi connectivity index (χ0v) is 18.9. The average molecular weight is 471 g/mol. The number of benzene rings is 2. The number of thioether (sulfide) groups is 1. The molecular weight excluding hydrogens is 448 g/mol. The molecule has 0 spiro atoms. The molecule has 0 aliphatic carbocycles. The molecule has 0 saturated carbocycles. The van der Waals surface area contributed by atoms with E-state index in [1.807, 2.05) is 6.26 Å². The van der Waals surface area contributed by atoms with Gasteiger partial charge in [0.15, 0.2) is 5.03 Å². The number of aromatic nitrogens is 1. The highest BCUT2D eigenvalue weighted by molar-refractivity contribution is 7.98. The van der Waals surface area contributed by atoms with Crippen molar-refractivity contribution in [3.63, 3.8) is 0 Å². The van der Waals surface area contributed by atoms with Crippen molar-refractivity contribution in [2.75, 3.05) is 12.0 Å². The Morgan fingerprint density at radius 1 is 1.06 bits per heavy atom. The minimum Gasteiger partial charge on any atom is -0.388 e. The van der Waals surface area contributed by atoms with Crippen LogP contribution in [0.3, 0.4) is 0 Å². The molecule has 0 fully saturated rings. The highest BCUT2D eigenvalue weighted by Gasteiger charge is 2.25. The summed E-state index contributed by atoms with van der Waals surface area (Å²) in [6, 6.07) is 16.5. The van der Waals surface area contributed by atoms with Crippen molar-refractivity contribution < 1.29 is 22.7 Å². The molecule has 32 heavy (non-hydrogen) atoms. The normalized spacial score (nSPS) is 12.2. The molecule has 166 valence electrons. The van der Waals surface area contributed by atoms with Gasteiger partial charge in [-0.05, 0) is 59.9 Å². The number of rotatable bonds is 8. The lowest BCUT2D eigenvalue weighted by Crippen LogP contribution is -2.34. The van der Waals surface area contributed by atoms with Crippen molar-refractivity contribution in [1.29, 1.82) is 0 Å². The summed E-state index contributed by atoms with van der Waals surface area (Å²) in [5.74, 6) is -1.07. The van der Waals surface area contributed by atoms with Crippen molar-refractivity contribution in [2.45, 2.75) is 22.4 Å². The van der Waals surface area contributed by atoms with Gasteiger partial charge in [-0.15, -0.1) is 0 Å². The van der Waals surface area contributed by atoms with E-state index in [0.29, 0.717) is 23.3 Å². The molecule has 1 aromatic heterocycles. The van der Waals surface area contributed by atoms with Crippen LogP contribution in [-0.2, 0) is 19.4 Å². The van der Waals surface area contributed by atoms with E-state index >= 15 is 0 Å². The number of esters is 2. The predicted molar refractivity (Wildman–Crippen MR) is 123 cm³/mol. The maximum absolute atomic E-state index is 13.0. The number of hydrogen-bond acceptors (Lipinski definition) is 8. The number of hydrogen-bond donors (Lipinski definition) is 1. The van der Waals surface area contributed by atoms with E-state index in [0.717, 1.165) is 0 Å². The molecule has 9 heteroatoms. The Morgan fingerprint density at radius 2 is 1.78 bits per heavy atom. The van der Waals surface area contributed by atoms with Crippen LogP contribution in [0.5, 0.6) is 0 Å². The van der Waals surface area contributed by atoms with Crippen molar-refractivity contribution in [2.24, 2.45) is 5.73 Å². The Labute approximate surface area is 190 Å². The molecule has 0 amide bonds. The van der Waals surface area contributed by atoms with Crippen molar-refractivity contribution >= 4 is 33.5 Å². The van der Waals surface area contributed by atoms with Crippen LogP contribution in [0.1, 0.15) is 16.8 Å². The smallest absolute Gasteiger partial charge is 0.346 e. The molecular formula is C23H22N2O5S2. The average Bonchev–Trinajstić information content (AvgIpc) is 2.83. The number of carbonyl (C=O) groups is 2. The van der Waals surface area contributed by atoms with Crippen LogP contribution < -0.4 is 5.73 Å². The maximum atomic E-state index is 13.0. The van der Waals surface area contributed by atoms with Crippen LogP contribution in [0.2, 0.25) is 0 Å². The SMILES string of the molecule is CSCC[C@H](N)C(=O)OC(=O)c1ccc(S(=O)(=O)c2ccccn2)cc1-c1ccccc1. The summed E-state index contributed by atoms with van der Waals surface area (Å²) < 4.78 is 31.0. The van der Waals surface area contributed by atoms with Gasteiger partial charge in [-0.25, -0.2) is 23.0 Å². The summed E-state index contributed by atoms with van der Waals surface area (Å²) in [7, 11) is -3.91. The third-order valence-electron chi connectivity index (χ3n) is 4.65. The van der Waals surface area contributed by atoms with Crippen molar-refractivity contribution in [3.05, 3.63) is 78.5 Å². The Morgan fingerprint density at radius 3 is 2.44 bits per heavy atom. The molecule has 7 nitrogen and oxygen atoms in total. The van der Waals surface area contributed by atoms with Crippen LogP contribution in [0.15, 0.2) is 82.8 Å². The van der Waals surface area contributed by atoms with E-state index in [-0.39, 0.29) is 15.5 Å². The molecule has 2 aromatic carbocycles. The third kappa shape index (κ3) is 5.42. The molecule has 0 radical (unpaired) electrons. The number of pyridine rings is 1. The summed E-state index contributed by atoms with van der Waals surface area (Å²) >= 11 is 1.53. The molecule has 1 heterocycles. The van der Waals surface area contributed by atoms with Crippen molar-refractivity contribution in [1.82, 2.24) is 4.98 Å². The van der Waals surface area contributed by atoms with Crippen LogP contribution in [0.25, 0.3) is 11.1 Å². The highest BCUT2D eigenvalue weighted by Crippen LogP contribution is 2.29. The van der Waals surface area contributed by atoms with E-state index in [1.165, 1.54) is 42.2 Å². The van der Waals surface area contributed by atoms with Gasteiger partial charge in [0, 0.05) is 6.20 Å². The van der Waals surface area contributed by atoms with Gasteiger partial charge in [-0.3, -0.25) is 0 Å². The number of sulfone groups is 1. The fourth-order valence-corrected chi connectivity index (χ4v) is 4.65. The minimum atomic E-state index is -3.91. The predicted octanol–water partition coefficient (Wildman–Crippen LogP) is 3.35. The van der Waals surface area contributed by atoms with Gasteiger partial charge in [0.25, 0.3) is 0 Å². The van der Waals surface area contributed by atoms with Crippen LogP contribution in [-0.4, -0.2) is 43.4 Å². The van der Waals surface area contributed by atoms with Gasteiger partial charge in [-0.1, -0.05) is 36.4 Å². The Balaban J connectivity index is 2.00. The van der Waals surface area contributed by atoms with Crippen LogP contribution >= 0.6 is 11.8 Å². The van der Waals surface area contributed by atoms with Gasteiger partial charge >= 0.3 is 11.9 Å². The first-order valence-corrected chi connectivity index (χ1v) is 12.6. The second-order valence-electron chi connectivity index (χ2n) is 6.84. The minimum absolute atomic E-state index is 0.0328. The topological polar surface area (TPSA) is 116 Å². The lowest BCUT2D eigenvalue weighted by atomic mass is 10.00. The Bertz CT molecular complexity index is 1200. The van der Waals surface area contributed by atoms with E-state index in [4.69, 9.17) is 10.5 Å². The Hall–Kier alpha value is -3.01. The Kier molecular flexibility index (Phi) is 7.79. The molecule has 0 aliphatic rings. The fraction of sp³-hybridized carbons (Fsp3) is 0.174. The van der Waals surface area contributed by atoms with Gasteiger partial charge in [0.1, 0.15) is 6.04 Å². The molecule has 0 bridgehead atoms.